The molecule has 0 atom stereocenters. The Balaban J connectivity index is 2.54. The molecule has 2 rings (SSSR count). The summed E-state index contributed by atoms with van der Waals surface area (Å²) < 4.78 is 2.06. The van der Waals surface area contributed by atoms with Crippen LogP contribution in [0.4, 0.5) is 0 Å². The molecule has 0 aliphatic rings. The minimum atomic E-state index is 0.899. The minimum Gasteiger partial charge on any atom is -0.297 e. The van der Waals surface area contributed by atoms with E-state index in [-0.39, 0.29) is 0 Å². The van der Waals surface area contributed by atoms with Gasteiger partial charge in [0, 0.05) is 12.4 Å². The zero-order valence-electron chi connectivity index (χ0n) is 11.0. The summed E-state index contributed by atoms with van der Waals surface area (Å²) in [6.45, 7) is 9.83. The summed E-state index contributed by atoms with van der Waals surface area (Å²) in [4.78, 5) is 8.66. The lowest BCUT2D eigenvalue weighted by atomic mass is 10.1. The monoisotopic (exact) mass is 239 g/mol. The quantitative estimate of drug-likeness (QED) is 0.766. The van der Waals surface area contributed by atoms with Crippen LogP contribution in [0.1, 0.15) is 25.2 Å². The van der Waals surface area contributed by atoms with Crippen molar-refractivity contribution >= 4 is 11.2 Å². The number of allylic oxidation sites excluding steroid dienone is 5. The number of fused-ring (bicyclic) bond motifs is 1. The maximum atomic E-state index is 4.42. The van der Waals surface area contributed by atoms with Gasteiger partial charge in [-0.25, -0.2) is 4.98 Å². The molecule has 3 heteroatoms. The molecule has 0 bridgehead atoms. The van der Waals surface area contributed by atoms with E-state index in [0.717, 1.165) is 28.2 Å². The number of aryl methyl sites for hydroxylation is 1. The van der Waals surface area contributed by atoms with Crippen LogP contribution in [0.5, 0.6) is 0 Å². The normalized spacial score (nSPS) is 12.5. The third-order valence-electron chi connectivity index (χ3n) is 2.76. The maximum absolute atomic E-state index is 4.42. The smallest absolute Gasteiger partial charge is 0.158 e. The Morgan fingerprint density at radius 3 is 2.78 bits per heavy atom. The first-order valence-electron chi connectivity index (χ1n) is 5.92. The van der Waals surface area contributed by atoms with Crippen LogP contribution in [0, 0.1) is 6.92 Å². The van der Waals surface area contributed by atoms with Gasteiger partial charge in [-0.15, -0.1) is 0 Å². The lowest BCUT2D eigenvalue weighted by Gasteiger charge is -2.03. The average Bonchev–Trinajstić information content (AvgIpc) is 2.75. The average molecular weight is 239 g/mol. The molecule has 0 N–H and O–H groups in total. The van der Waals surface area contributed by atoms with Gasteiger partial charge in [0.05, 0.1) is 17.6 Å². The van der Waals surface area contributed by atoms with Crippen molar-refractivity contribution < 1.29 is 0 Å². The molecule has 0 aliphatic heterocycles. The van der Waals surface area contributed by atoms with Gasteiger partial charge in [-0.2, -0.15) is 0 Å². The number of rotatable bonds is 3. The summed E-state index contributed by atoms with van der Waals surface area (Å²) in [5.41, 5.74) is 5.05. The summed E-state index contributed by atoms with van der Waals surface area (Å²) >= 11 is 0. The fourth-order valence-corrected chi connectivity index (χ4v) is 1.82. The van der Waals surface area contributed by atoms with Crippen LogP contribution >= 0.6 is 0 Å². The summed E-state index contributed by atoms with van der Waals surface area (Å²) in [7, 11) is 0. The Labute approximate surface area is 107 Å². The SMILES string of the molecule is C=C(C)/C=C\C(=C/C)c1cnc2c(C)nccn12. The molecule has 2 heterocycles. The van der Waals surface area contributed by atoms with Gasteiger partial charge < -0.3 is 0 Å². The van der Waals surface area contributed by atoms with E-state index in [9.17, 15) is 0 Å². The van der Waals surface area contributed by atoms with Gasteiger partial charge >= 0.3 is 0 Å². The van der Waals surface area contributed by atoms with E-state index in [1.165, 1.54) is 0 Å². The Hall–Kier alpha value is -2.16. The molecule has 0 aliphatic carbocycles. The standard InChI is InChI=1S/C15H17N3/c1-5-13(7-6-11(2)3)14-10-17-15-12(4)16-8-9-18(14)15/h5-10H,2H2,1,3-4H3/b7-6-,13-5+. The van der Waals surface area contributed by atoms with Gasteiger partial charge in [0.25, 0.3) is 0 Å². The number of nitrogens with zero attached hydrogens (tertiary/aromatic N) is 3. The maximum Gasteiger partial charge on any atom is 0.158 e. The van der Waals surface area contributed by atoms with Gasteiger partial charge in [-0.3, -0.25) is 9.38 Å². The highest BCUT2D eigenvalue weighted by Crippen LogP contribution is 2.19. The van der Waals surface area contributed by atoms with Crippen LogP contribution in [-0.4, -0.2) is 14.4 Å². The Morgan fingerprint density at radius 2 is 2.11 bits per heavy atom. The summed E-state index contributed by atoms with van der Waals surface area (Å²) in [6.07, 6.45) is 11.7. The highest BCUT2D eigenvalue weighted by atomic mass is 15.0. The molecule has 0 saturated carbocycles. The van der Waals surface area contributed by atoms with Crippen molar-refractivity contribution in [3.05, 3.63) is 60.4 Å². The zero-order chi connectivity index (χ0) is 13.1. The van der Waals surface area contributed by atoms with E-state index in [1.54, 1.807) is 6.20 Å². The van der Waals surface area contributed by atoms with Gasteiger partial charge in [0.2, 0.25) is 0 Å². The second kappa shape index (κ2) is 5.00. The van der Waals surface area contributed by atoms with Crippen LogP contribution in [0.15, 0.2) is 49.0 Å². The molecule has 92 valence electrons. The minimum absolute atomic E-state index is 0.899. The van der Waals surface area contributed by atoms with Crippen molar-refractivity contribution in [3.8, 4) is 0 Å². The predicted molar refractivity (Wildman–Crippen MR) is 75.3 cm³/mol. The van der Waals surface area contributed by atoms with Crippen molar-refractivity contribution in [1.82, 2.24) is 14.4 Å². The number of hydrogen-bond donors (Lipinski definition) is 0. The van der Waals surface area contributed by atoms with Gasteiger partial charge in [0.15, 0.2) is 5.65 Å². The highest BCUT2D eigenvalue weighted by molar-refractivity contribution is 5.74. The third kappa shape index (κ3) is 2.25. The molecule has 0 fully saturated rings. The van der Waals surface area contributed by atoms with Crippen molar-refractivity contribution in [3.63, 3.8) is 0 Å². The first-order chi connectivity index (χ1) is 8.63. The van der Waals surface area contributed by atoms with E-state index in [0.29, 0.717) is 0 Å². The molecule has 2 aromatic rings. The molecule has 0 spiro atoms. The molecular weight excluding hydrogens is 222 g/mol. The lowest BCUT2D eigenvalue weighted by molar-refractivity contribution is 1.07. The summed E-state index contributed by atoms with van der Waals surface area (Å²) in [5.74, 6) is 0. The molecule has 0 radical (unpaired) electrons. The van der Waals surface area contributed by atoms with E-state index in [1.807, 2.05) is 39.2 Å². The topological polar surface area (TPSA) is 30.2 Å². The second-order valence-corrected chi connectivity index (χ2v) is 4.27. The van der Waals surface area contributed by atoms with Crippen molar-refractivity contribution in [1.29, 1.82) is 0 Å². The number of imidazole rings is 1. The fourth-order valence-electron chi connectivity index (χ4n) is 1.82. The van der Waals surface area contributed by atoms with Gasteiger partial charge in [-0.05, 0) is 26.3 Å². The number of hydrogen-bond acceptors (Lipinski definition) is 2. The van der Waals surface area contributed by atoms with Gasteiger partial charge in [0.1, 0.15) is 0 Å². The molecule has 0 amide bonds. The van der Waals surface area contributed by atoms with E-state index in [4.69, 9.17) is 0 Å². The van der Waals surface area contributed by atoms with Crippen molar-refractivity contribution in [2.45, 2.75) is 20.8 Å². The molecule has 18 heavy (non-hydrogen) atoms. The number of aromatic nitrogens is 3. The summed E-state index contributed by atoms with van der Waals surface area (Å²) in [5, 5.41) is 0. The molecule has 2 aromatic heterocycles. The first-order valence-corrected chi connectivity index (χ1v) is 5.92. The Morgan fingerprint density at radius 1 is 1.33 bits per heavy atom. The molecular formula is C15H17N3. The van der Waals surface area contributed by atoms with E-state index in [2.05, 4.69) is 33.1 Å². The fraction of sp³-hybridized carbons (Fsp3) is 0.200. The molecule has 0 aromatic carbocycles. The molecule has 0 unspecified atom stereocenters. The van der Waals surface area contributed by atoms with E-state index >= 15 is 0 Å². The highest BCUT2D eigenvalue weighted by Gasteiger charge is 2.07. The van der Waals surface area contributed by atoms with E-state index < -0.39 is 0 Å². The van der Waals surface area contributed by atoms with Crippen LogP contribution in [0.3, 0.4) is 0 Å². The summed E-state index contributed by atoms with van der Waals surface area (Å²) in [6, 6.07) is 0. The van der Waals surface area contributed by atoms with Crippen LogP contribution < -0.4 is 0 Å². The van der Waals surface area contributed by atoms with Crippen molar-refractivity contribution in [2.75, 3.05) is 0 Å². The second-order valence-electron chi connectivity index (χ2n) is 4.27. The molecule has 0 saturated heterocycles. The van der Waals surface area contributed by atoms with Crippen LogP contribution in [0.25, 0.3) is 11.2 Å². The zero-order valence-corrected chi connectivity index (χ0v) is 11.0. The predicted octanol–water partition coefficient (Wildman–Crippen LogP) is 3.57. The van der Waals surface area contributed by atoms with Gasteiger partial charge in [-0.1, -0.05) is 30.4 Å². The largest absolute Gasteiger partial charge is 0.297 e. The lowest BCUT2D eigenvalue weighted by Crippen LogP contribution is -1.94. The molecule has 3 nitrogen and oxygen atoms in total. The Kier molecular flexibility index (Phi) is 3.42. The van der Waals surface area contributed by atoms with Crippen LogP contribution in [-0.2, 0) is 0 Å². The first kappa shape index (κ1) is 12.3. The third-order valence-corrected chi connectivity index (χ3v) is 2.76. The van der Waals surface area contributed by atoms with Crippen LogP contribution in [0.2, 0.25) is 0 Å². The van der Waals surface area contributed by atoms with Crippen molar-refractivity contribution in [2.24, 2.45) is 0 Å². The Bertz CT molecular complexity index is 645.